The molecule has 0 aliphatic carbocycles. The molecule has 3 heteroatoms. The van der Waals surface area contributed by atoms with Crippen molar-refractivity contribution in [3.05, 3.63) is 30.1 Å². The molecular formula is C12H16N2O. The fourth-order valence-electron chi connectivity index (χ4n) is 1.54. The van der Waals surface area contributed by atoms with Crippen LogP contribution in [0.25, 0.3) is 6.08 Å². The second-order valence-corrected chi connectivity index (χ2v) is 3.83. The number of rotatable bonds is 4. The average molecular weight is 204 g/mol. The highest BCUT2D eigenvalue weighted by molar-refractivity contribution is 5.47. The van der Waals surface area contributed by atoms with Gasteiger partial charge in [-0.1, -0.05) is 6.58 Å². The highest BCUT2D eigenvalue weighted by atomic mass is 16.5. The first kappa shape index (κ1) is 10.2. The minimum Gasteiger partial charge on any atom is -0.490 e. The van der Waals surface area contributed by atoms with Crippen molar-refractivity contribution in [3.8, 4) is 5.75 Å². The smallest absolute Gasteiger partial charge is 0.137 e. The van der Waals surface area contributed by atoms with Gasteiger partial charge in [-0.3, -0.25) is 4.98 Å². The Morgan fingerprint density at radius 2 is 2.53 bits per heavy atom. The van der Waals surface area contributed by atoms with E-state index >= 15 is 0 Å². The molecule has 2 heterocycles. The first-order chi connectivity index (χ1) is 7.29. The molecule has 1 N–H and O–H groups in total. The lowest BCUT2D eigenvalue weighted by molar-refractivity contribution is 0.217. The Morgan fingerprint density at radius 1 is 1.73 bits per heavy atom. The molecule has 0 bridgehead atoms. The highest BCUT2D eigenvalue weighted by Gasteiger charge is 2.16. The van der Waals surface area contributed by atoms with Gasteiger partial charge in [-0.05, 0) is 37.6 Å². The van der Waals surface area contributed by atoms with Crippen LogP contribution in [-0.4, -0.2) is 24.2 Å². The van der Waals surface area contributed by atoms with E-state index in [1.807, 2.05) is 13.0 Å². The Bertz CT molecular complexity index is 359. The maximum atomic E-state index is 5.63. The summed E-state index contributed by atoms with van der Waals surface area (Å²) in [4.78, 5) is 4.26. The van der Waals surface area contributed by atoms with E-state index in [4.69, 9.17) is 4.74 Å². The van der Waals surface area contributed by atoms with Gasteiger partial charge in [-0.2, -0.15) is 0 Å². The first-order valence-corrected chi connectivity index (χ1v) is 5.25. The zero-order valence-corrected chi connectivity index (χ0v) is 8.99. The molecule has 1 fully saturated rings. The number of aromatic nitrogens is 1. The molecule has 0 radical (unpaired) electrons. The van der Waals surface area contributed by atoms with Gasteiger partial charge >= 0.3 is 0 Å². The molecule has 1 aromatic rings. The summed E-state index contributed by atoms with van der Waals surface area (Å²) >= 11 is 0. The van der Waals surface area contributed by atoms with E-state index in [-0.39, 0.29) is 0 Å². The third-order valence-electron chi connectivity index (χ3n) is 2.66. The number of ether oxygens (including phenoxy) is 1. The molecule has 80 valence electrons. The van der Waals surface area contributed by atoms with E-state index in [2.05, 4.69) is 16.9 Å². The molecule has 1 atom stereocenters. The highest BCUT2D eigenvalue weighted by Crippen LogP contribution is 2.16. The molecule has 2 rings (SSSR count). The van der Waals surface area contributed by atoms with E-state index < -0.39 is 0 Å². The van der Waals surface area contributed by atoms with Gasteiger partial charge in [-0.25, -0.2) is 0 Å². The molecule has 0 spiro atoms. The van der Waals surface area contributed by atoms with Crippen LogP contribution in [0.1, 0.15) is 17.7 Å². The number of nitrogens with zero attached hydrogens (tertiary/aromatic N) is 1. The molecule has 0 aromatic carbocycles. The zero-order valence-electron chi connectivity index (χ0n) is 8.99. The monoisotopic (exact) mass is 204 g/mol. The number of nitrogens with one attached hydrogen (secondary N) is 1. The van der Waals surface area contributed by atoms with Crippen molar-refractivity contribution in [3.63, 3.8) is 0 Å². The van der Waals surface area contributed by atoms with E-state index in [1.165, 1.54) is 6.42 Å². The summed E-state index contributed by atoms with van der Waals surface area (Å²) in [6.07, 6.45) is 4.71. The van der Waals surface area contributed by atoms with Crippen LogP contribution in [0.4, 0.5) is 0 Å². The van der Waals surface area contributed by atoms with E-state index in [0.717, 1.165) is 30.2 Å². The predicted molar refractivity (Wildman–Crippen MR) is 61.0 cm³/mol. The minimum atomic E-state index is 0.518. The third kappa shape index (κ3) is 2.36. The summed E-state index contributed by atoms with van der Waals surface area (Å²) in [5, 5.41) is 3.29. The van der Waals surface area contributed by atoms with Crippen molar-refractivity contribution in [1.29, 1.82) is 0 Å². The van der Waals surface area contributed by atoms with Crippen LogP contribution < -0.4 is 10.1 Å². The minimum absolute atomic E-state index is 0.518. The first-order valence-electron chi connectivity index (χ1n) is 5.25. The predicted octanol–water partition coefficient (Wildman–Crippen LogP) is 1.77. The molecule has 1 saturated heterocycles. The Kier molecular flexibility index (Phi) is 3.02. The van der Waals surface area contributed by atoms with Gasteiger partial charge in [0.15, 0.2) is 0 Å². The summed E-state index contributed by atoms with van der Waals surface area (Å²) in [6, 6.07) is 2.52. The molecule has 0 amide bonds. The molecule has 3 nitrogen and oxygen atoms in total. The largest absolute Gasteiger partial charge is 0.490 e. The molecule has 1 aromatic heterocycles. The zero-order chi connectivity index (χ0) is 10.7. The lowest BCUT2D eigenvalue weighted by Gasteiger charge is -2.27. The second-order valence-electron chi connectivity index (χ2n) is 3.83. The number of pyridine rings is 1. The summed E-state index contributed by atoms with van der Waals surface area (Å²) < 4.78 is 5.63. The van der Waals surface area contributed by atoms with Crippen LogP contribution in [0, 0.1) is 6.92 Å². The molecular weight excluding hydrogens is 188 g/mol. The van der Waals surface area contributed by atoms with Gasteiger partial charge in [0.25, 0.3) is 0 Å². The third-order valence-corrected chi connectivity index (χ3v) is 2.66. The maximum absolute atomic E-state index is 5.63. The Morgan fingerprint density at radius 3 is 3.07 bits per heavy atom. The number of hydrogen-bond donors (Lipinski definition) is 1. The van der Waals surface area contributed by atoms with Crippen LogP contribution in [0.3, 0.4) is 0 Å². The normalized spacial score (nSPS) is 19.4. The summed E-state index contributed by atoms with van der Waals surface area (Å²) in [5.74, 6) is 0.840. The number of aryl methyl sites for hydroxylation is 1. The standard InChI is InChI=1S/C12H16N2O/c1-3-12-9(2)6-11(7-14-12)15-8-10-4-5-13-10/h3,6-7,10,13H,1,4-5,8H2,2H3. The van der Waals surface area contributed by atoms with Gasteiger partial charge in [0.2, 0.25) is 0 Å². The van der Waals surface area contributed by atoms with Crippen molar-refractivity contribution >= 4 is 6.08 Å². The Balaban J connectivity index is 1.96. The summed E-state index contributed by atoms with van der Waals surface area (Å²) in [6.45, 7) is 7.56. The summed E-state index contributed by atoms with van der Waals surface area (Å²) in [5.41, 5.74) is 2.02. The lowest BCUT2D eigenvalue weighted by atomic mass is 10.1. The van der Waals surface area contributed by atoms with Gasteiger partial charge < -0.3 is 10.1 Å². The Hall–Kier alpha value is -1.35. The SMILES string of the molecule is C=Cc1ncc(OCC2CCN2)cc1C. The van der Waals surface area contributed by atoms with Gasteiger partial charge in [0.1, 0.15) is 12.4 Å². The topological polar surface area (TPSA) is 34.1 Å². The van der Waals surface area contributed by atoms with Crippen molar-refractivity contribution in [1.82, 2.24) is 10.3 Å². The van der Waals surface area contributed by atoms with Crippen LogP contribution in [0.2, 0.25) is 0 Å². The van der Waals surface area contributed by atoms with Crippen LogP contribution in [-0.2, 0) is 0 Å². The summed E-state index contributed by atoms with van der Waals surface area (Å²) in [7, 11) is 0. The van der Waals surface area contributed by atoms with Crippen LogP contribution in [0.5, 0.6) is 5.75 Å². The van der Waals surface area contributed by atoms with Crippen molar-refractivity contribution in [2.75, 3.05) is 13.2 Å². The van der Waals surface area contributed by atoms with E-state index in [0.29, 0.717) is 6.04 Å². The van der Waals surface area contributed by atoms with Crippen molar-refractivity contribution < 1.29 is 4.74 Å². The molecule has 15 heavy (non-hydrogen) atoms. The lowest BCUT2D eigenvalue weighted by Crippen LogP contribution is -2.46. The molecule has 1 aliphatic rings. The van der Waals surface area contributed by atoms with Gasteiger partial charge in [0.05, 0.1) is 11.9 Å². The van der Waals surface area contributed by atoms with E-state index in [1.54, 1.807) is 12.3 Å². The quantitative estimate of drug-likeness (QED) is 0.811. The van der Waals surface area contributed by atoms with E-state index in [9.17, 15) is 0 Å². The fourth-order valence-corrected chi connectivity index (χ4v) is 1.54. The average Bonchev–Trinajstić information content (AvgIpc) is 2.16. The van der Waals surface area contributed by atoms with Crippen LogP contribution >= 0.6 is 0 Å². The molecule has 0 saturated carbocycles. The van der Waals surface area contributed by atoms with Crippen LogP contribution in [0.15, 0.2) is 18.8 Å². The van der Waals surface area contributed by atoms with Gasteiger partial charge in [-0.15, -0.1) is 0 Å². The maximum Gasteiger partial charge on any atom is 0.137 e. The van der Waals surface area contributed by atoms with Gasteiger partial charge in [0, 0.05) is 6.04 Å². The molecule has 1 aliphatic heterocycles. The Labute approximate surface area is 90.2 Å². The number of hydrogen-bond acceptors (Lipinski definition) is 3. The van der Waals surface area contributed by atoms with Crippen molar-refractivity contribution in [2.45, 2.75) is 19.4 Å². The van der Waals surface area contributed by atoms with Crippen molar-refractivity contribution in [2.24, 2.45) is 0 Å². The fraction of sp³-hybridized carbons (Fsp3) is 0.417. The second kappa shape index (κ2) is 4.45. The molecule has 1 unspecified atom stereocenters.